The Morgan fingerprint density at radius 2 is 2.22 bits per heavy atom. The third-order valence-electron chi connectivity index (χ3n) is 3.66. The topological polar surface area (TPSA) is 99.9 Å². The molecule has 0 amide bonds. The summed E-state index contributed by atoms with van der Waals surface area (Å²) in [5.41, 5.74) is 0.579. The average Bonchev–Trinajstić information content (AvgIpc) is 3.00. The first kappa shape index (κ1) is 15.8. The third-order valence-corrected chi connectivity index (χ3v) is 4.41. The molecule has 0 saturated carbocycles. The molecule has 1 aromatic rings. The molecule has 1 saturated heterocycles. The molecule has 124 valence electrons. The molecule has 2 aliphatic heterocycles. The number of morpholine rings is 1. The SMILES string of the molecule is CSC1N=CC([N+](=O)[O-])=C(N2CCOCC2)N1c1cc(C)[nH]n1. The number of aryl methyl sites for hydroxylation is 1. The van der Waals surface area contributed by atoms with Gasteiger partial charge in [-0.1, -0.05) is 0 Å². The van der Waals surface area contributed by atoms with Crippen molar-refractivity contribution in [2.75, 3.05) is 37.5 Å². The second-order valence-corrected chi connectivity index (χ2v) is 6.08. The van der Waals surface area contributed by atoms with Crippen LogP contribution in [0, 0.1) is 17.0 Å². The second kappa shape index (κ2) is 6.59. The molecule has 2 aliphatic rings. The number of allylic oxidation sites excluding steroid dienone is 1. The number of rotatable bonds is 4. The monoisotopic (exact) mass is 338 g/mol. The van der Waals surface area contributed by atoms with Gasteiger partial charge in [-0.05, 0) is 13.2 Å². The fourth-order valence-electron chi connectivity index (χ4n) is 2.62. The van der Waals surface area contributed by atoms with Crippen molar-refractivity contribution in [2.24, 2.45) is 4.99 Å². The second-order valence-electron chi connectivity index (χ2n) is 5.18. The molecule has 0 aliphatic carbocycles. The largest absolute Gasteiger partial charge is 0.378 e. The van der Waals surface area contributed by atoms with Gasteiger partial charge in [-0.2, -0.15) is 5.10 Å². The molecular formula is C13H18N6O3S. The lowest BCUT2D eigenvalue weighted by atomic mass is 10.3. The van der Waals surface area contributed by atoms with Crippen molar-refractivity contribution >= 4 is 23.8 Å². The molecule has 1 fully saturated rings. The first-order chi connectivity index (χ1) is 11.1. The molecule has 23 heavy (non-hydrogen) atoms. The molecule has 9 nitrogen and oxygen atoms in total. The van der Waals surface area contributed by atoms with Gasteiger partial charge in [0, 0.05) is 24.8 Å². The summed E-state index contributed by atoms with van der Waals surface area (Å²) in [6, 6.07) is 1.86. The molecular weight excluding hydrogens is 320 g/mol. The summed E-state index contributed by atoms with van der Waals surface area (Å²) >= 11 is 1.50. The molecule has 0 bridgehead atoms. The minimum atomic E-state index is -0.392. The zero-order valence-corrected chi connectivity index (χ0v) is 13.7. The number of aliphatic imine (C=N–C) groups is 1. The highest BCUT2D eigenvalue weighted by Crippen LogP contribution is 2.32. The van der Waals surface area contributed by atoms with Crippen LogP contribution >= 0.6 is 11.8 Å². The number of aromatic nitrogens is 2. The quantitative estimate of drug-likeness (QED) is 0.646. The standard InChI is InChI=1S/C13H18N6O3S/c1-9-7-11(16-15-9)18-12(17-3-5-22-6-4-17)10(19(20)21)8-14-13(18)23-2/h7-8,13H,3-6H2,1-2H3,(H,15,16). The summed E-state index contributed by atoms with van der Waals surface area (Å²) in [4.78, 5) is 19.2. The molecule has 1 aromatic heterocycles. The Hall–Kier alpha value is -2.07. The van der Waals surface area contributed by atoms with Crippen LogP contribution in [0.15, 0.2) is 22.6 Å². The van der Waals surface area contributed by atoms with E-state index in [1.54, 1.807) is 0 Å². The van der Waals surface area contributed by atoms with Gasteiger partial charge in [-0.3, -0.25) is 25.1 Å². The van der Waals surface area contributed by atoms with E-state index in [0.717, 1.165) is 5.69 Å². The molecule has 0 aromatic carbocycles. The van der Waals surface area contributed by atoms with Crippen LogP contribution < -0.4 is 4.90 Å². The van der Waals surface area contributed by atoms with Gasteiger partial charge >= 0.3 is 5.70 Å². The van der Waals surface area contributed by atoms with Crippen LogP contribution in [0.25, 0.3) is 0 Å². The fourth-order valence-corrected chi connectivity index (χ4v) is 3.22. The highest BCUT2D eigenvalue weighted by Gasteiger charge is 2.37. The summed E-state index contributed by atoms with van der Waals surface area (Å²) < 4.78 is 5.37. The number of hydrogen-bond acceptors (Lipinski definition) is 8. The number of thioether (sulfide) groups is 1. The van der Waals surface area contributed by atoms with Crippen molar-refractivity contribution in [3.8, 4) is 0 Å². The number of nitrogens with one attached hydrogen (secondary N) is 1. The van der Waals surface area contributed by atoms with Gasteiger partial charge in [0.15, 0.2) is 17.1 Å². The third kappa shape index (κ3) is 3.04. The van der Waals surface area contributed by atoms with E-state index < -0.39 is 4.92 Å². The number of H-pyrrole nitrogens is 1. The molecule has 3 rings (SSSR count). The van der Waals surface area contributed by atoms with Crippen molar-refractivity contribution in [1.82, 2.24) is 15.1 Å². The lowest BCUT2D eigenvalue weighted by molar-refractivity contribution is -0.416. The van der Waals surface area contributed by atoms with E-state index in [9.17, 15) is 10.1 Å². The Bertz CT molecular complexity index is 652. The molecule has 3 heterocycles. The Morgan fingerprint density at radius 3 is 2.78 bits per heavy atom. The lowest BCUT2D eigenvalue weighted by Gasteiger charge is -2.39. The van der Waals surface area contributed by atoms with Crippen LogP contribution in [-0.4, -0.2) is 64.3 Å². The zero-order valence-electron chi connectivity index (χ0n) is 12.9. The first-order valence-corrected chi connectivity index (χ1v) is 8.49. The Labute approximate surface area is 137 Å². The summed E-state index contributed by atoms with van der Waals surface area (Å²) in [7, 11) is 0. The van der Waals surface area contributed by atoms with E-state index in [1.807, 2.05) is 29.0 Å². The minimum absolute atomic E-state index is 0.0159. The van der Waals surface area contributed by atoms with Crippen molar-refractivity contribution in [3.63, 3.8) is 0 Å². The molecule has 10 heteroatoms. The summed E-state index contributed by atoms with van der Waals surface area (Å²) in [6.07, 6.45) is 3.27. The van der Waals surface area contributed by atoms with E-state index in [0.29, 0.717) is 37.9 Å². The number of anilines is 1. The van der Waals surface area contributed by atoms with E-state index in [4.69, 9.17) is 4.74 Å². The van der Waals surface area contributed by atoms with E-state index in [2.05, 4.69) is 15.2 Å². The summed E-state index contributed by atoms with van der Waals surface area (Å²) in [5, 5.41) is 18.7. The smallest absolute Gasteiger partial charge is 0.327 e. The first-order valence-electron chi connectivity index (χ1n) is 7.20. The summed E-state index contributed by atoms with van der Waals surface area (Å²) in [6.45, 7) is 4.18. The van der Waals surface area contributed by atoms with Gasteiger partial charge in [0.25, 0.3) is 0 Å². The Kier molecular flexibility index (Phi) is 4.53. The Morgan fingerprint density at radius 1 is 1.48 bits per heavy atom. The zero-order chi connectivity index (χ0) is 16.4. The predicted octanol–water partition coefficient (Wildman–Crippen LogP) is 1.03. The fraction of sp³-hybridized carbons (Fsp3) is 0.538. The van der Waals surface area contributed by atoms with Gasteiger partial charge in [0.1, 0.15) is 6.21 Å². The Balaban J connectivity index is 2.09. The van der Waals surface area contributed by atoms with E-state index in [1.165, 1.54) is 18.0 Å². The maximum absolute atomic E-state index is 11.5. The molecule has 0 radical (unpaired) electrons. The van der Waals surface area contributed by atoms with E-state index in [-0.39, 0.29) is 11.2 Å². The van der Waals surface area contributed by atoms with Crippen LogP contribution in [-0.2, 0) is 4.74 Å². The van der Waals surface area contributed by atoms with Gasteiger partial charge in [-0.25, -0.2) is 0 Å². The highest BCUT2D eigenvalue weighted by molar-refractivity contribution is 7.99. The van der Waals surface area contributed by atoms with Gasteiger partial charge in [0.05, 0.1) is 18.1 Å². The average molecular weight is 338 g/mol. The maximum atomic E-state index is 11.5. The maximum Gasteiger partial charge on any atom is 0.327 e. The lowest BCUT2D eigenvalue weighted by Crippen LogP contribution is -2.48. The molecule has 1 unspecified atom stereocenters. The van der Waals surface area contributed by atoms with Gasteiger partial charge < -0.3 is 9.64 Å². The number of ether oxygens (including phenoxy) is 1. The number of aromatic amines is 1. The molecule has 1 atom stereocenters. The van der Waals surface area contributed by atoms with Gasteiger partial charge in [0.2, 0.25) is 0 Å². The van der Waals surface area contributed by atoms with Crippen molar-refractivity contribution in [1.29, 1.82) is 0 Å². The van der Waals surface area contributed by atoms with Crippen molar-refractivity contribution < 1.29 is 9.66 Å². The highest BCUT2D eigenvalue weighted by atomic mass is 32.2. The van der Waals surface area contributed by atoms with Crippen molar-refractivity contribution in [2.45, 2.75) is 12.4 Å². The number of nitro groups is 1. The predicted molar refractivity (Wildman–Crippen MR) is 88.0 cm³/mol. The summed E-state index contributed by atoms with van der Waals surface area (Å²) in [5.74, 6) is 1.15. The molecule has 1 N–H and O–H groups in total. The van der Waals surface area contributed by atoms with Crippen molar-refractivity contribution in [3.05, 3.63) is 33.4 Å². The van der Waals surface area contributed by atoms with Crippen LogP contribution in [0.4, 0.5) is 5.82 Å². The number of hydrogen-bond donors (Lipinski definition) is 1. The van der Waals surface area contributed by atoms with Crippen LogP contribution in [0.5, 0.6) is 0 Å². The van der Waals surface area contributed by atoms with E-state index >= 15 is 0 Å². The minimum Gasteiger partial charge on any atom is -0.378 e. The van der Waals surface area contributed by atoms with Crippen LogP contribution in [0.1, 0.15) is 5.69 Å². The van der Waals surface area contributed by atoms with Gasteiger partial charge in [-0.15, -0.1) is 11.8 Å². The van der Waals surface area contributed by atoms with Crippen LogP contribution in [0.2, 0.25) is 0 Å². The van der Waals surface area contributed by atoms with Crippen LogP contribution in [0.3, 0.4) is 0 Å². The normalized spacial score (nSPS) is 21.9. The molecule has 0 spiro atoms. The number of nitrogens with zero attached hydrogens (tertiary/aromatic N) is 5.